The molecular weight excluding hydrogens is 410 g/mol. The Hall–Kier alpha value is -2.50. The number of benzene rings is 2. The Labute approximate surface area is 188 Å². The highest BCUT2D eigenvalue weighted by atomic mass is 35.5. The number of hydrogen-bond acceptors (Lipinski definition) is 4. The monoisotopic (exact) mass is 437 g/mol. The fourth-order valence-corrected chi connectivity index (χ4v) is 5.30. The molecule has 1 spiro atoms. The van der Waals surface area contributed by atoms with Crippen molar-refractivity contribution in [2.75, 3.05) is 43.5 Å². The number of halogens is 1. The summed E-state index contributed by atoms with van der Waals surface area (Å²) in [6.45, 7) is 7.37. The van der Waals surface area contributed by atoms with Crippen molar-refractivity contribution in [3.8, 4) is 5.75 Å². The van der Waals surface area contributed by atoms with Gasteiger partial charge >= 0.3 is 0 Å². The van der Waals surface area contributed by atoms with E-state index in [9.17, 15) is 4.79 Å². The maximum atomic E-state index is 12.8. The van der Waals surface area contributed by atoms with Crippen LogP contribution in [0.25, 0.3) is 0 Å². The third kappa shape index (κ3) is 3.60. The van der Waals surface area contributed by atoms with Gasteiger partial charge in [-0.1, -0.05) is 18.2 Å². The van der Waals surface area contributed by atoms with Crippen LogP contribution in [0.5, 0.6) is 5.75 Å². The smallest absolute Gasteiger partial charge is 0.235 e. The number of anilines is 2. The Morgan fingerprint density at radius 1 is 1.16 bits per heavy atom. The van der Waals surface area contributed by atoms with E-state index in [0.717, 1.165) is 68.0 Å². The minimum atomic E-state index is -0.438. The summed E-state index contributed by atoms with van der Waals surface area (Å²) in [7, 11) is 2.07. The van der Waals surface area contributed by atoms with Gasteiger partial charge in [-0.2, -0.15) is 0 Å². The lowest BCUT2D eigenvalue weighted by molar-refractivity contribution is -0.122. The predicted molar refractivity (Wildman–Crippen MR) is 125 cm³/mol. The molecule has 1 fully saturated rings. The molecule has 31 heavy (non-hydrogen) atoms. The summed E-state index contributed by atoms with van der Waals surface area (Å²) in [6.07, 6.45) is 3.62. The summed E-state index contributed by atoms with van der Waals surface area (Å²) in [6, 6.07) is 12.0. The molecule has 162 valence electrons. The van der Waals surface area contributed by atoms with E-state index in [4.69, 9.17) is 16.3 Å². The third-order valence-electron chi connectivity index (χ3n) is 7.14. The molecule has 1 amide bonds. The normalized spacial score (nSPS) is 19.9. The quantitative estimate of drug-likeness (QED) is 0.759. The molecule has 3 aliphatic heterocycles. The predicted octanol–water partition coefficient (Wildman–Crippen LogP) is 4.60. The van der Waals surface area contributed by atoms with Crippen molar-refractivity contribution in [2.45, 2.75) is 31.1 Å². The molecule has 3 aliphatic rings. The number of nitrogens with zero attached hydrogens (tertiary/aromatic N) is 2. The van der Waals surface area contributed by atoms with Gasteiger partial charge in [0, 0.05) is 35.7 Å². The van der Waals surface area contributed by atoms with Gasteiger partial charge in [0.15, 0.2) is 0 Å². The SMILES string of the molecule is C=C1CCc2cc(OCCN3CCC4(CC3)C(=O)Nc3ccc(Cl)cc34)ccc2N1C. The van der Waals surface area contributed by atoms with Crippen LogP contribution in [0.4, 0.5) is 11.4 Å². The summed E-state index contributed by atoms with van der Waals surface area (Å²) in [5.41, 5.74) is 5.23. The Balaban J connectivity index is 1.17. The lowest BCUT2D eigenvalue weighted by Crippen LogP contribution is -2.47. The Kier molecular flexibility index (Phi) is 5.19. The summed E-state index contributed by atoms with van der Waals surface area (Å²) in [5.74, 6) is 1.04. The van der Waals surface area contributed by atoms with Crippen molar-refractivity contribution in [1.29, 1.82) is 0 Å². The van der Waals surface area contributed by atoms with Crippen LogP contribution in [-0.4, -0.2) is 44.1 Å². The van der Waals surface area contributed by atoms with Gasteiger partial charge in [0.1, 0.15) is 12.4 Å². The average molecular weight is 438 g/mol. The van der Waals surface area contributed by atoms with Crippen LogP contribution in [0, 0.1) is 0 Å². The molecule has 0 unspecified atom stereocenters. The van der Waals surface area contributed by atoms with Crippen LogP contribution in [0.2, 0.25) is 5.02 Å². The minimum absolute atomic E-state index is 0.113. The number of amides is 1. The molecule has 0 bridgehead atoms. The Bertz CT molecular complexity index is 1040. The molecule has 0 aromatic heterocycles. The number of nitrogens with one attached hydrogen (secondary N) is 1. The number of rotatable bonds is 4. The van der Waals surface area contributed by atoms with Crippen LogP contribution < -0.4 is 15.0 Å². The second-order valence-electron chi connectivity index (χ2n) is 8.83. The number of carbonyl (C=O) groups excluding carboxylic acids is 1. The largest absolute Gasteiger partial charge is 0.492 e. The van der Waals surface area contributed by atoms with Crippen LogP contribution in [-0.2, 0) is 16.6 Å². The van der Waals surface area contributed by atoms with Crippen molar-refractivity contribution in [2.24, 2.45) is 0 Å². The molecule has 3 heterocycles. The number of ether oxygens (including phenoxy) is 1. The van der Waals surface area contributed by atoms with Gasteiger partial charge in [-0.25, -0.2) is 0 Å². The maximum absolute atomic E-state index is 12.8. The third-order valence-corrected chi connectivity index (χ3v) is 7.37. The van der Waals surface area contributed by atoms with Crippen LogP contribution in [0.3, 0.4) is 0 Å². The standard InChI is InChI=1S/C25H28ClN3O2/c1-17-3-4-18-15-20(6-8-23(18)28(17)2)31-14-13-29-11-9-25(10-12-29)21-16-19(26)5-7-22(21)27-24(25)30/h5-8,15-16H,1,3-4,9-14H2,2H3,(H,27,30). The topological polar surface area (TPSA) is 44.8 Å². The zero-order valence-electron chi connectivity index (χ0n) is 17.9. The first-order chi connectivity index (χ1) is 15.0. The molecule has 2 aromatic rings. The molecule has 0 atom stereocenters. The Morgan fingerprint density at radius 2 is 1.97 bits per heavy atom. The highest BCUT2D eigenvalue weighted by molar-refractivity contribution is 6.31. The number of piperidine rings is 1. The van der Waals surface area contributed by atoms with Crippen molar-refractivity contribution in [1.82, 2.24) is 4.90 Å². The number of aryl methyl sites for hydroxylation is 1. The van der Waals surface area contributed by atoms with Gasteiger partial charge in [-0.15, -0.1) is 0 Å². The van der Waals surface area contributed by atoms with Gasteiger partial charge < -0.3 is 15.0 Å². The van der Waals surface area contributed by atoms with Crippen molar-refractivity contribution in [3.05, 3.63) is 64.8 Å². The summed E-state index contributed by atoms with van der Waals surface area (Å²) in [4.78, 5) is 17.3. The molecule has 0 aliphatic carbocycles. The second kappa shape index (κ2) is 7.88. The molecule has 6 heteroatoms. The van der Waals surface area contributed by atoms with E-state index in [-0.39, 0.29) is 5.91 Å². The van der Waals surface area contributed by atoms with Gasteiger partial charge in [0.2, 0.25) is 5.91 Å². The molecule has 5 rings (SSSR count). The summed E-state index contributed by atoms with van der Waals surface area (Å²) in [5, 5.41) is 3.73. The zero-order valence-corrected chi connectivity index (χ0v) is 18.7. The fraction of sp³-hybridized carbons (Fsp3) is 0.400. The van der Waals surface area contributed by atoms with E-state index in [1.165, 1.54) is 11.3 Å². The average Bonchev–Trinajstić information content (AvgIpc) is 3.03. The minimum Gasteiger partial charge on any atom is -0.492 e. The van der Waals surface area contributed by atoms with Crippen LogP contribution in [0.15, 0.2) is 48.7 Å². The van der Waals surface area contributed by atoms with E-state index in [1.807, 2.05) is 24.3 Å². The van der Waals surface area contributed by atoms with Gasteiger partial charge in [0.25, 0.3) is 0 Å². The summed E-state index contributed by atoms with van der Waals surface area (Å²) >= 11 is 6.22. The van der Waals surface area contributed by atoms with E-state index in [1.54, 1.807) is 0 Å². The van der Waals surface area contributed by atoms with Crippen molar-refractivity contribution >= 4 is 28.9 Å². The van der Waals surface area contributed by atoms with E-state index < -0.39 is 5.41 Å². The van der Waals surface area contributed by atoms with Gasteiger partial charge in [-0.3, -0.25) is 9.69 Å². The fourth-order valence-electron chi connectivity index (χ4n) is 5.13. The molecule has 0 saturated carbocycles. The van der Waals surface area contributed by atoms with Crippen molar-refractivity contribution in [3.63, 3.8) is 0 Å². The van der Waals surface area contributed by atoms with Crippen LogP contribution >= 0.6 is 11.6 Å². The number of fused-ring (bicyclic) bond motifs is 3. The highest BCUT2D eigenvalue weighted by Gasteiger charge is 2.48. The molecule has 1 saturated heterocycles. The molecule has 5 nitrogen and oxygen atoms in total. The second-order valence-corrected chi connectivity index (χ2v) is 9.27. The lowest BCUT2D eigenvalue weighted by Gasteiger charge is -2.38. The van der Waals surface area contributed by atoms with Gasteiger partial charge in [0.05, 0.1) is 5.41 Å². The van der Waals surface area contributed by atoms with E-state index in [0.29, 0.717) is 11.6 Å². The Morgan fingerprint density at radius 3 is 2.77 bits per heavy atom. The summed E-state index contributed by atoms with van der Waals surface area (Å²) < 4.78 is 6.07. The lowest BCUT2D eigenvalue weighted by atomic mass is 9.73. The van der Waals surface area contributed by atoms with E-state index >= 15 is 0 Å². The number of carbonyl (C=O) groups is 1. The zero-order chi connectivity index (χ0) is 21.6. The highest BCUT2D eigenvalue weighted by Crippen LogP contribution is 2.45. The van der Waals surface area contributed by atoms with Crippen LogP contribution in [0.1, 0.15) is 30.4 Å². The number of allylic oxidation sites excluding steroid dienone is 1. The molecular formula is C25H28ClN3O2. The molecule has 0 radical (unpaired) electrons. The number of likely N-dealkylation sites (tertiary alicyclic amines) is 1. The van der Waals surface area contributed by atoms with Gasteiger partial charge in [-0.05, 0) is 86.3 Å². The first-order valence-corrected chi connectivity index (χ1v) is 11.4. The first-order valence-electron chi connectivity index (χ1n) is 11.0. The molecule has 2 aromatic carbocycles. The first kappa shape index (κ1) is 20.4. The maximum Gasteiger partial charge on any atom is 0.235 e. The molecule has 1 N–H and O–H groups in total. The number of hydrogen-bond donors (Lipinski definition) is 1. The van der Waals surface area contributed by atoms with E-state index in [2.05, 4.69) is 40.9 Å². The van der Waals surface area contributed by atoms with Crippen molar-refractivity contribution < 1.29 is 9.53 Å².